The van der Waals surface area contributed by atoms with Crippen molar-refractivity contribution in [3.8, 4) is 0 Å². The van der Waals surface area contributed by atoms with Crippen molar-refractivity contribution >= 4 is 12.2 Å². The van der Waals surface area contributed by atoms with Gasteiger partial charge in [0.15, 0.2) is 0 Å². The summed E-state index contributed by atoms with van der Waals surface area (Å²) in [6.07, 6.45) is -0.935. The van der Waals surface area contributed by atoms with Crippen LogP contribution in [0, 0.1) is 0 Å². The predicted molar refractivity (Wildman–Crippen MR) is 92.0 cm³/mol. The topological polar surface area (TPSA) is 79.3 Å². The van der Waals surface area contributed by atoms with Crippen LogP contribution in [0.15, 0.2) is 30.3 Å². The van der Waals surface area contributed by atoms with E-state index in [1.54, 1.807) is 20.8 Å². The summed E-state index contributed by atoms with van der Waals surface area (Å²) < 4.78 is 10.7. The second kappa shape index (κ2) is 8.20. The van der Waals surface area contributed by atoms with Gasteiger partial charge >= 0.3 is 12.2 Å². The zero-order valence-electron chi connectivity index (χ0n) is 15.0. The van der Waals surface area contributed by atoms with Gasteiger partial charge in [0, 0.05) is 19.6 Å². The summed E-state index contributed by atoms with van der Waals surface area (Å²) >= 11 is 0. The Labute approximate surface area is 148 Å². The molecule has 0 unspecified atom stereocenters. The van der Waals surface area contributed by atoms with E-state index in [4.69, 9.17) is 9.47 Å². The van der Waals surface area contributed by atoms with Gasteiger partial charge in [0.1, 0.15) is 12.2 Å². The Bertz CT molecular complexity index is 585. The Hall–Kier alpha value is -2.28. The van der Waals surface area contributed by atoms with Crippen molar-refractivity contribution in [2.24, 2.45) is 0 Å². The molecule has 1 N–H and O–H groups in total. The third kappa shape index (κ3) is 5.63. The molecule has 138 valence electrons. The van der Waals surface area contributed by atoms with Crippen LogP contribution < -0.4 is 0 Å². The zero-order valence-corrected chi connectivity index (χ0v) is 15.0. The fourth-order valence-corrected chi connectivity index (χ4v) is 2.55. The highest BCUT2D eigenvalue weighted by Gasteiger charge is 2.34. The second-order valence-electron chi connectivity index (χ2n) is 7.00. The predicted octanol–water partition coefficient (Wildman–Crippen LogP) is 2.24. The maximum absolute atomic E-state index is 12.3. The Morgan fingerprint density at radius 3 is 2.44 bits per heavy atom. The molecule has 1 aliphatic heterocycles. The zero-order chi connectivity index (χ0) is 18.4. The molecule has 0 spiro atoms. The van der Waals surface area contributed by atoms with Gasteiger partial charge in [0.2, 0.25) is 0 Å². The SMILES string of the molecule is CC(C)(C)OC(=O)N1CCN(C(=O)OCc2ccccc2)[C@H](CO)C1. The first-order valence-electron chi connectivity index (χ1n) is 8.36. The molecule has 2 amide bonds. The van der Waals surface area contributed by atoms with Crippen molar-refractivity contribution in [1.29, 1.82) is 0 Å². The average Bonchev–Trinajstić information content (AvgIpc) is 2.58. The summed E-state index contributed by atoms with van der Waals surface area (Å²) in [6.45, 7) is 6.16. The van der Waals surface area contributed by atoms with Crippen molar-refractivity contribution in [2.45, 2.75) is 39.0 Å². The summed E-state index contributed by atoms with van der Waals surface area (Å²) in [6, 6.07) is 8.88. The summed E-state index contributed by atoms with van der Waals surface area (Å²) in [5.41, 5.74) is 0.307. The van der Waals surface area contributed by atoms with E-state index < -0.39 is 23.8 Å². The normalized spacial score (nSPS) is 18.0. The molecule has 0 bridgehead atoms. The van der Waals surface area contributed by atoms with E-state index in [0.29, 0.717) is 6.54 Å². The molecule has 0 radical (unpaired) electrons. The number of rotatable bonds is 3. The number of piperazine rings is 1. The van der Waals surface area contributed by atoms with E-state index >= 15 is 0 Å². The Morgan fingerprint density at radius 2 is 1.84 bits per heavy atom. The summed E-state index contributed by atoms with van der Waals surface area (Å²) in [5.74, 6) is 0. The maximum atomic E-state index is 12.3. The quantitative estimate of drug-likeness (QED) is 0.904. The standard InChI is InChI=1S/C18H26N2O5/c1-18(2,3)25-16(22)19-9-10-20(15(11-19)12-21)17(23)24-13-14-7-5-4-6-8-14/h4-8,15,21H,9-13H2,1-3H3/t15-/m0/s1. The van der Waals surface area contributed by atoms with Crippen molar-refractivity contribution < 1.29 is 24.2 Å². The Balaban J connectivity index is 1.90. The van der Waals surface area contributed by atoms with Crippen LogP contribution in [0.3, 0.4) is 0 Å². The Kier molecular flexibility index (Phi) is 6.25. The van der Waals surface area contributed by atoms with E-state index in [2.05, 4.69) is 0 Å². The van der Waals surface area contributed by atoms with Gasteiger partial charge in [-0.25, -0.2) is 9.59 Å². The molecule has 7 nitrogen and oxygen atoms in total. The average molecular weight is 350 g/mol. The van der Waals surface area contributed by atoms with Gasteiger partial charge in [-0.15, -0.1) is 0 Å². The first-order valence-corrected chi connectivity index (χ1v) is 8.36. The summed E-state index contributed by atoms with van der Waals surface area (Å²) in [5, 5.41) is 9.60. The number of carbonyl (C=O) groups excluding carboxylic acids is 2. The van der Waals surface area contributed by atoms with Crippen LogP contribution in [0.25, 0.3) is 0 Å². The number of amides is 2. The molecule has 1 aliphatic rings. The van der Waals surface area contributed by atoms with E-state index in [1.165, 1.54) is 9.80 Å². The first kappa shape index (κ1) is 19.1. The lowest BCUT2D eigenvalue weighted by Gasteiger charge is -2.40. The summed E-state index contributed by atoms with van der Waals surface area (Å²) in [4.78, 5) is 27.4. The van der Waals surface area contributed by atoms with Gasteiger partial charge < -0.3 is 19.5 Å². The monoisotopic (exact) mass is 350 g/mol. The van der Waals surface area contributed by atoms with E-state index in [9.17, 15) is 14.7 Å². The van der Waals surface area contributed by atoms with Crippen LogP contribution in [-0.4, -0.2) is 65.0 Å². The molecular weight excluding hydrogens is 324 g/mol. The highest BCUT2D eigenvalue weighted by atomic mass is 16.6. The number of aliphatic hydroxyl groups excluding tert-OH is 1. The van der Waals surface area contributed by atoms with Gasteiger partial charge in [0.25, 0.3) is 0 Å². The van der Waals surface area contributed by atoms with Gasteiger partial charge in [-0.3, -0.25) is 4.90 Å². The van der Waals surface area contributed by atoms with E-state index in [0.717, 1.165) is 5.56 Å². The molecule has 1 heterocycles. The van der Waals surface area contributed by atoms with Crippen molar-refractivity contribution in [2.75, 3.05) is 26.2 Å². The van der Waals surface area contributed by atoms with Crippen LogP contribution in [0.5, 0.6) is 0 Å². The number of nitrogens with zero attached hydrogens (tertiary/aromatic N) is 2. The molecule has 1 fully saturated rings. The van der Waals surface area contributed by atoms with E-state index in [1.807, 2.05) is 30.3 Å². The minimum atomic E-state index is -0.586. The highest BCUT2D eigenvalue weighted by Crippen LogP contribution is 2.16. The largest absolute Gasteiger partial charge is 0.445 e. The smallest absolute Gasteiger partial charge is 0.410 e. The maximum Gasteiger partial charge on any atom is 0.410 e. The van der Waals surface area contributed by atoms with Gasteiger partial charge in [-0.05, 0) is 26.3 Å². The minimum absolute atomic E-state index is 0.171. The van der Waals surface area contributed by atoms with Crippen LogP contribution in [0.2, 0.25) is 0 Å². The molecule has 1 aromatic rings. The Morgan fingerprint density at radius 1 is 1.16 bits per heavy atom. The molecule has 1 aromatic carbocycles. The van der Waals surface area contributed by atoms with Gasteiger partial charge in [-0.2, -0.15) is 0 Å². The van der Waals surface area contributed by atoms with Crippen LogP contribution in [0.1, 0.15) is 26.3 Å². The lowest BCUT2D eigenvalue weighted by Crippen LogP contribution is -2.58. The lowest BCUT2D eigenvalue weighted by atomic mass is 10.2. The molecule has 0 aromatic heterocycles. The molecular formula is C18H26N2O5. The number of benzene rings is 1. The molecule has 2 rings (SSSR count). The highest BCUT2D eigenvalue weighted by molar-refractivity contribution is 5.71. The molecule has 25 heavy (non-hydrogen) atoms. The van der Waals surface area contributed by atoms with Crippen LogP contribution >= 0.6 is 0 Å². The summed E-state index contributed by atoms with van der Waals surface area (Å²) in [7, 11) is 0. The van der Waals surface area contributed by atoms with Gasteiger partial charge in [-0.1, -0.05) is 30.3 Å². The second-order valence-corrected chi connectivity index (χ2v) is 7.00. The molecule has 7 heteroatoms. The number of aliphatic hydroxyl groups is 1. The molecule has 0 aliphatic carbocycles. The third-order valence-electron chi connectivity index (χ3n) is 3.78. The molecule has 0 saturated carbocycles. The van der Waals surface area contributed by atoms with E-state index in [-0.39, 0.29) is 26.3 Å². The lowest BCUT2D eigenvalue weighted by molar-refractivity contribution is -0.00667. The van der Waals surface area contributed by atoms with Crippen LogP contribution in [0.4, 0.5) is 9.59 Å². The fraction of sp³-hybridized carbons (Fsp3) is 0.556. The van der Waals surface area contributed by atoms with Crippen molar-refractivity contribution in [1.82, 2.24) is 9.80 Å². The minimum Gasteiger partial charge on any atom is -0.445 e. The molecule has 1 saturated heterocycles. The fourth-order valence-electron chi connectivity index (χ4n) is 2.55. The number of ether oxygens (including phenoxy) is 2. The van der Waals surface area contributed by atoms with Crippen LogP contribution in [-0.2, 0) is 16.1 Å². The third-order valence-corrected chi connectivity index (χ3v) is 3.78. The van der Waals surface area contributed by atoms with Crippen molar-refractivity contribution in [3.63, 3.8) is 0 Å². The van der Waals surface area contributed by atoms with Gasteiger partial charge in [0.05, 0.1) is 12.6 Å². The van der Waals surface area contributed by atoms with Crippen molar-refractivity contribution in [3.05, 3.63) is 35.9 Å². The molecule has 1 atom stereocenters. The number of hydrogen-bond donors (Lipinski definition) is 1. The number of carbonyl (C=O) groups is 2. The first-order chi connectivity index (χ1) is 11.8. The number of hydrogen-bond acceptors (Lipinski definition) is 5.